The van der Waals surface area contributed by atoms with Gasteiger partial charge in [-0.3, -0.25) is 0 Å². The molecular weight excluding hydrogens is 677 g/mol. The Bertz CT molecular complexity index is 3010. The summed E-state index contributed by atoms with van der Waals surface area (Å²) in [6, 6.07) is 39.0. The maximum absolute atomic E-state index is 9.38. The van der Waals surface area contributed by atoms with Crippen molar-refractivity contribution in [1.82, 2.24) is 0 Å². The highest BCUT2D eigenvalue weighted by molar-refractivity contribution is 6.22. The van der Waals surface area contributed by atoms with E-state index in [4.69, 9.17) is 8.22 Å². The lowest BCUT2D eigenvalue weighted by Crippen LogP contribution is -2.10. The fourth-order valence-electron chi connectivity index (χ4n) is 7.44. The molecular formula is C54H44N2. The SMILES string of the molecule is [2H]c1c([2H])c([2H])c(-c2c3ccc(N(c4ccc(C)cc4)c4ccc(C)cc4)cc3c(-c3c([2H])c([2H])c([2H])c([2H])c3[2H])c3ccc(N(c4ccc(C)cc4)c4ccc(C)cc4)cc23)c([2H])c1[2H]. The Kier molecular flexibility index (Phi) is 6.64. The van der Waals surface area contributed by atoms with Crippen molar-refractivity contribution in [3.63, 3.8) is 0 Å². The van der Waals surface area contributed by atoms with Crippen molar-refractivity contribution in [3.8, 4) is 22.3 Å². The summed E-state index contributed by atoms with van der Waals surface area (Å²) in [6.07, 6.45) is 0. The number of fused-ring (bicyclic) bond motifs is 2. The summed E-state index contributed by atoms with van der Waals surface area (Å²) in [5, 5.41) is 1.81. The first-order valence-electron chi connectivity index (χ1n) is 23.6. The summed E-state index contributed by atoms with van der Waals surface area (Å²) >= 11 is 0. The minimum Gasteiger partial charge on any atom is -0.310 e. The van der Waals surface area contributed by atoms with Crippen LogP contribution in [0.3, 0.4) is 0 Å². The lowest BCUT2D eigenvalue weighted by molar-refractivity contribution is 1.27. The van der Waals surface area contributed by atoms with E-state index in [1.165, 1.54) is 0 Å². The third-order valence-electron chi connectivity index (χ3n) is 10.3. The van der Waals surface area contributed by atoms with Crippen molar-refractivity contribution < 1.29 is 13.7 Å². The second-order valence-corrected chi connectivity index (χ2v) is 14.2. The molecule has 0 aliphatic carbocycles. The molecule has 0 aliphatic rings. The van der Waals surface area contributed by atoms with E-state index in [1.54, 1.807) is 0 Å². The van der Waals surface area contributed by atoms with Crippen LogP contribution in [-0.4, -0.2) is 0 Å². The van der Waals surface area contributed by atoms with Crippen LogP contribution >= 0.6 is 0 Å². The molecule has 56 heavy (non-hydrogen) atoms. The van der Waals surface area contributed by atoms with E-state index in [0.29, 0.717) is 44.0 Å². The summed E-state index contributed by atoms with van der Waals surface area (Å²) in [6.45, 7) is 8.06. The first kappa shape index (κ1) is 25.2. The van der Waals surface area contributed by atoms with Gasteiger partial charge in [0.1, 0.15) is 0 Å². The molecule has 0 amide bonds. The summed E-state index contributed by atoms with van der Waals surface area (Å²) in [4.78, 5) is 4.14. The van der Waals surface area contributed by atoms with Gasteiger partial charge in [-0.15, -0.1) is 0 Å². The molecule has 0 radical (unpaired) electrons. The Morgan fingerprint density at radius 3 is 0.857 bits per heavy atom. The third kappa shape index (κ3) is 6.61. The van der Waals surface area contributed by atoms with Gasteiger partial charge in [-0.1, -0.05) is 143 Å². The number of aryl methyl sites for hydroxylation is 4. The van der Waals surface area contributed by atoms with E-state index in [-0.39, 0.29) is 11.1 Å². The fraction of sp³-hybridized carbons (Fsp3) is 0.0741. The molecule has 270 valence electrons. The van der Waals surface area contributed by atoms with Crippen LogP contribution in [-0.2, 0) is 0 Å². The average molecular weight is 731 g/mol. The minimum atomic E-state index is -0.530. The number of rotatable bonds is 8. The summed E-state index contributed by atoms with van der Waals surface area (Å²) < 4.78 is 90.0. The molecule has 0 atom stereocenters. The zero-order valence-electron chi connectivity index (χ0n) is 41.6. The smallest absolute Gasteiger partial charge is 0.0629 e. The van der Waals surface area contributed by atoms with Crippen molar-refractivity contribution in [2.75, 3.05) is 9.80 Å². The van der Waals surface area contributed by atoms with E-state index in [2.05, 4.69) is 9.80 Å². The van der Waals surface area contributed by atoms with Crippen LogP contribution in [0.1, 0.15) is 36.0 Å². The highest BCUT2D eigenvalue weighted by Crippen LogP contribution is 2.48. The monoisotopic (exact) mass is 730 g/mol. The lowest BCUT2D eigenvalue weighted by Gasteiger charge is -2.28. The molecule has 0 aliphatic heterocycles. The van der Waals surface area contributed by atoms with Crippen molar-refractivity contribution in [2.45, 2.75) is 27.7 Å². The van der Waals surface area contributed by atoms with Crippen LogP contribution in [0.5, 0.6) is 0 Å². The minimum absolute atomic E-state index is 0.0281. The maximum Gasteiger partial charge on any atom is 0.0629 e. The zero-order valence-corrected chi connectivity index (χ0v) is 31.6. The first-order valence-corrected chi connectivity index (χ1v) is 18.6. The molecule has 9 aromatic carbocycles. The van der Waals surface area contributed by atoms with Crippen LogP contribution < -0.4 is 9.80 Å². The van der Waals surface area contributed by atoms with Crippen LogP contribution in [0.25, 0.3) is 43.8 Å². The van der Waals surface area contributed by atoms with Gasteiger partial charge in [0.15, 0.2) is 0 Å². The Hall–Kier alpha value is -6.90. The molecule has 0 N–H and O–H groups in total. The normalized spacial score (nSPS) is 13.7. The highest BCUT2D eigenvalue weighted by atomic mass is 15.1. The van der Waals surface area contributed by atoms with Crippen LogP contribution in [0.4, 0.5) is 34.1 Å². The average Bonchev–Trinajstić information content (AvgIpc) is 3.32. The van der Waals surface area contributed by atoms with Gasteiger partial charge in [0.2, 0.25) is 0 Å². The highest BCUT2D eigenvalue weighted by Gasteiger charge is 2.22. The topological polar surface area (TPSA) is 6.48 Å². The van der Waals surface area contributed by atoms with Gasteiger partial charge in [-0.05, 0) is 144 Å². The molecule has 0 saturated heterocycles. The van der Waals surface area contributed by atoms with E-state index in [9.17, 15) is 5.48 Å². The van der Waals surface area contributed by atoms with Gasteiger partial charge in [0.05, 0.1) is 13.7 Å². The Labute approximate surface area is 344 Å². The van der Waals surface area contributed by atoms with Gasteiger partial charge in [0, 0.05) is 34.1 Å². The molecule has 0 unspecified atom stereocenters. The number of hydrogen-bond donors (Lipinski definition) is 0. The van der Waals surface area contributed by atoms with Crippen LogP contribution in [0, 0.1) is 27.7 Å². The number of nitrogens with zero attached hydrogens (tertiary/aromatic N) is 2. The van der Waals surface area contributed by atoms with Crippen molar-refractivity contribution in [2.24, 2.45) is 0 Å². The summed E-state index contributed by atoms with van der Waals surface area (Å²) in [5.41, 5.74) is 9.64. The van der Waals surface area contributed by atoms with Crippen LogP contribution in [0.2, 0.25) is 0 Å². The van der Waals surface area contributed by atoms with Crippen LogP contribution in [0.15, 0.2) is 194 Å². The Balaban J connectivity index is 1.49. The summed E-state index contributed by atoms with van der Waals surface area (Å²) in [5.74, 6) is 0. The lowest BCUT2D eigenvalue weighted by atomic mass is 9.85. The van der Waals surface area contributed by atoms with Crippen molar-refractivity contribution >= 4 is 55.7 Å². The predicted molar refractivity (Wildman–Crippen MR) is 241 cm³/mol. The second kappa shape index (κ2) is 14.7. The first-order chi connectivity index (χ1) is 31.5. The molecule has 2 nitrogen and oxygen atoms in total. The molecule has 0 heterocycles. The molecule has 0 bridgehead atoms. The van der Waals surface area contributed by atoms with Crippen molar-refractivity contribution in [1.29, 1.82) is 0 Å². The number of benzene rings is 9. The quantitative estimate of drug-likeness (QED) is 0.144. The Morgan fingerprint density at radius 2 is 0.571 bits per heavy atom. The van der Waals surface area contributed by atoms with Gasteiger partial charge in [-0.25, -0.2) is 0 Å². The number of anilines is 6. The molecule has 9 rings (SSSR count). The molecule has 9 aromatic rings. The largest absolute Gasteiger partial charge is 0.310 e. The maximum atomic E-state index is 9.38. The molecule has 2 heteroatoms. The molecule has 0 spiro atoms. The van der Waals surface area contributed by atoms with E-state index >= 15 is 0 Å². The third-order valence-corrected chi connectivity index (χ3v) is 10.3. The predicted octanol–water partition coefficient (Wildman–Crippen LogP) is 15.5. The van der Waals surface area contributed by atoms with Gasteiger partial charge in [0.25, 0.3) is 0 Å². The fourth-order valence-corrected chi connectivity index (χ4v) is 7.44. The van der Waals surface area contributed by atoms with Gasteiger partial charge >= 0.3 is 0 Å². The van der Waals surface area contributed by atoms with Crippen molar-refractivity contribution in [3.05, 3.63) is 216 Å². The van der Waals surface area contributed by atoms with Gasteiger partial charge < -0.3 is 9.80 Å². The molecule has 0 saturated carbocycles. The standard InChI is InChI=1S/C54H44N2/c1-37-15-23-43(24-16-37)55(44-25-17-38(2)18-26-44)47-31-33-49-51(35-47)53(41-11-7-5-8-12-41)50-34-32-48(36-52(50)54(49)42-13-9-6-10-14-42)56(45-27-19-39(3)20-28-45)46-29-21-40(4)22-30-46/h5-36H,1-4H3/i5D,6D,7D,8D,9D,10D,11D,12D,13D,14D. The zero-order chi connectivity index (χ0) is 46.9. The summed E-state index contributed by atoms with van der Waals surface area (Å²) in [7, 11) is 0. The van der Waals surface area contributed by atoms with E-state index < -0.39 is 60.4 Å². The van der Waals surface area contributed by atoms with Gasteiger partial charge in [-0.2, -0.15) is 0 Å². The molecule has 0 fully saturated rings. The van der Waals surface area contributed by atoms with E-state index in [0.717, 1.165) is 45.0 Å². The Morgan fingerprint density at radius 1 is 0.304 bits per heavy atom. The second-order valence-electron chi connectivity index (χ2n) is 14.2. The van der Waals surface area contributed by atoms with E-state index in [1.807, 2.05) is 161 Å². The molecule has 0 aromatic heterocycles. The number of hydrogen-bond acceptors (Lipinski definition) is 2.